The van der Waals surface area contributed by atoms with Gasteiger partial charge >= 0.3 is 0 Å². The fourth-order valence-electron chi connectivity index (χ4n) is 10.6. The summed E-state index contributed by atoms with van der Waals surface area (Å²) < 4.78 is 17.0. The van der Waals surface area contributed by atoms with Gasteiger partial charge in [-0.2, -0.15) is 0 Å². The first kappa shape index (κ1) is 41.7. The first-order chi connectivity index (χ1) is 24.5. The molecule has 0 aromatic heterocycles. The van der Waals surface area contributed by atoms with Gasteiger partial charge in [0.25, 0.3) is 6.16 Å². The Bertz CT molecular complexity index is 1210. The fourth-order valence-corrected chi connectivity index (χ4v) is 10.6. The lowest BCUT2D eigenvalue weighted by molar-refractivity contribution is -0.282. The van der Waals surface area contributed by atoms with Gasteiger partial charge in [-0.1, -0.05) is 129 Å². The molecule has 9 nitrogen and oxygen atoms in total. The Morgan fingerprint density at radius 3 is 2.12 bits per heavy atom. The van der Waals surface area contributed by atoms with Gasteiger partial charge in [0.05, 0.1) is 12.2 Å². The Morgan fingerprint density at radius 2 is 1.55 bits per heavy atom. The van der Waals surface area contributed by atoms with Crippen molar-refractivity contribution in [1.29, 1.82) is 0 Å². The number of carbonyl (C=O) groups excluding carboxylic acids is 3. The number of ketones is 2. The summed E-state index contributed by atoms with van der Waals surface area (Å²) in [5, 5.41) is 31.4. The maximum absolute atomic E-state index is 13.2. The van der Waals surface area contributed by atoms with Crippen LogP contribution in [-0.4, -0.2) is 65.2 Å². The van der Waals surface area contributed by atoms with Crippen LogP contribution in [0.2, 0.25) is 0 Å². The Labute approximate surface area is 307 Å². The second-order valence-electron chi connectivity index (χ2n) is 16.4. The average molecular weight is 716 g/mol. The normalized spacial score (nSPS) is 34.8. The largest absolute Gasteiger partial charge is 0.550 e. The Hall–Kier alpha value is -2.07. The van der Waals surface area contributed by atoms with E-state index < -0.39 is 42.3 Å². The zero-order valence-corrected chi connectivity index (χ0v) is 32.0. The zero-order chi connectivity index (χ0) is 37.1. The van der Waals surface area contributed by atoms with Crippen LogP contribution in [0.1, 0.15) is 156 Å². The van der Waals surface area contributed by atoms with Crippen LogP contribution < -0.4 is 5.11 Å². The van der Waals surface area contributed by atoms with E-state index in [1.807, 2.05) is 6.08 Å². The predicted octanol–water partition coefficient (Wildman–Crippen LogP) is 7.54. The maximum Gasteiger partial charge on any atom is 0.251 e. The minimum Gasteiger partial charge on any atom is -0.550 e. The number of Topliss-reactive ketones (excluding diaryl/α,β-unsaturated/α-hetero) is 1. The van der Waals surface area contributed by atoms with Crippen molar-refractivity contribution in [3.63, 3.8) is 0 Å². The molecule has 0 radical (unpaired) electrons. The highest BCUT2D eigenvalue weighted by atomic mass is 16.7. The Morgan fingerprint density at radius 1 is 0.941 bits per heavy atom. The minimum atomic E-state index is -1.40. The smallest absolute Gasteiger partial charge is 0.251 e. The lowest BCUT2D eigenvalue weighted by Crippen LogP contribution is -2.63. The molecule has 1 saturated heterocycles. The summed E-state index contributed by atoms with van der Waals surface area (Å²) in [6.07, 6.45) is 25.1. The number of unbranched alkanes of at least 4 members (excludes halogenated alkanes) is 13. The summed E-state index contributed by atoms with van der Waals surface area (Å²) in [5.74, 6) is 0.0274. The number of hydrogen-bond acceptors (Lipinski definition) is 9. The molecule has 9 heteroatoms. The van der Waals surface area contributed by atoms with Crippen molar-refractivity contribution in [3.05, 3.63) is 23.8 Å². The highest BCUT2D eigenvalue weighted by Gasteiger charge is 2.75. The molecule has 2 N–H and O–H groups in total. The molecule has 0 amide bonds. The second kappa shape index (κ2) is 19.3. The molecule has 1 aliphatic heterocycles. The molecule has 0 spiro atoms. The molecular weight excluding hydrogens is 648 g/mol. The second-order valence-corrected chi connectivity index (χ2v) is 16.4. The molecule has 4 fully saturated rings. The maximum atomic E-state index is 13.2. The number of aliphatic hydroxyl groups excluding tert-OH is 2. The van der Waals surface area contributed by atoms with Gasteiger partial charge < -0.3 is 34.3 Å². The van der Waals surface area contributed by atoms with Gasteiger partial charge in [-0.15, -0.1) is 0 Å². The van der Waals surface area contributed by atoms with Gasteiger partial charge in [0.2, 0.25) is 0 Å². The number of carboxylic acid groups (broad SMARTS) is 1. The van der Waals surface area contributed by atoms with Crippen LogP contribution in [0, 0.1) is 28.6 Å². The molecule has 1 unspecified atom stereocenters. The monoisotopic (exact) mass is 715 g/mol. The van der Waals surface area contributed by atoms with Gasteiger partial charge in [-0.3, -0.25) is 9.59 Å². The van der Waals surface area contributed by atoms with E-state index in [-0.39, 0.29) is 34.7 Å². The van der Waals surface area contributed by atoms with Crippen molar-refractivity contribution in [2.45, 2.75) is 180 Å². The third kappa shape index (κ3) is 9.36. The first-order valence-electron chi connectivity index (χ1n) is 20.4. The van der Waals surface area contributed by atoms with Crippen molar-refractivity contribution < 1.29 is 43.9 Å². The van der Waals surface area contributed by atoms with Crippen molar-refractivity contribution in [1.82, 2.24) is 0 Å². The van der Waals surface area contributed by atoms with E-state index in [0.29, 0.717) is 25.9 Å². The van der Waals surface area contributed by atoms with E-state index in [9.17, 15) is 29.7 Å². The summed E-state index contributed by atoms with van der Waals surface area (Å²) >= 11 is 0. The molecule has 5 rings (SSSR count). The number of aliphatic hydroxyl groups is 2. The van der Waals surface area contributed by atoms with Crippen molar-refractivity contribution in [2.24, 2.45) is 28.6 Å². The molecule has 0 aromatic carbocycles. The SMILES string of the molecule is CCCC1O[C@@H]2C[C@H]3[C@@H]4CCC5=CC(=O)C=C[C@]5(C)[C@H]4[C@@H](O)C[C@]3(C)[C@]2(C(=O)CO)O1.CCCCCCCCCCCCCCCCOC(=O)[O-]. The Balaban J connectivity index is 0.000000255. The van der Waals surface area contributed by atoms with Gasteiger partial charge in [0, 0.05) is 23.4 Å². The zero-order valence-electron chi connectivity index (χ0n) is 32.0. The van der Waals surface area contributed by atoms with Crippen LogP contribution >= 0.6 is 0 Å². The molecule has 9 atom stereocenters. The molecule has 51 heavy (non-hydrogen) atoms. The van der Waals surface area contributed by atoms with E-state index in [1.165, 1.54) is 77.0 Å². The van der Waals surface area contributed by atoms with Crippen LogP contribution in [0.5, 0.6) is 0 Å². The van der Waals surface area contributed by atoms with Crippen molar-refractivity contribution in [2.75, 3.05) is 13.2 Å². The van der Waals surface area contributed by atoms with Gasteiger partial charge in [0.15, 0.2) is 23.5 Å². The van der Waals surface area contributed by atoms with E-state index in [4.69, 9.17) is 9.47 Å². The predicted molar refractivity (Wildman–Crippen MR) is 195 cm³/mol. The summed E-state index contributed by atoms with van der Waals surface area (Å²) in [6.45, 7) is 8.23. The standard InChI is InChI=1S/C25H34O6.C17H34O3/c1-4-5-21-30-20-11-17-16-7-6-14-10-15(27)8-9-23(14,2)22(16)18(28)12-24(17,3)25(20,31-21)19(29)13-26;1-2-3-4-5-6-7-8-9-10-11-12-13-14-15-16-20-17(18)19/h8-10,16-18,20-22,26,28H,4-7,11-13H2,1-3H3;2-16H2,1H3,(H,18,19)/p-1/t16-,17-,18-,20+,21?,22+,23-,24-,25+;/m0./s1. The van der Waals surface area contributed by atoms with Crippen molar-refractivity contribution in [3.8, 4) is 0 Å². The van der Waals surface area contributed by atoms with Crippen LogP contribution in [0.3, 0.4) is 0 Å². The molecule has 5 aliphatic rings. The van der Waals surface area contributed by atoms with E-state index in [1.54, 1.807) is 12.2 Å². The highest BCUT2D eigenvalue weighted by Crippen LogP contribution is 2.69. The molecule has 1 heterocycles. The van der Waals surface area contributed by atoms with E-state index in [2.05, 4.69) is 32.4 Å². The third-order valence-corrected chi connectivity index (χ3v) is 13.1. The molecule has 4 aliphatic carbocycles. The number of ether oxygens (including phenoxy) is 3. The summed E-state index contributed by atoms with van der Waals surface area (Å²) in [4.78, 5) is 35.2. The topological polar surface area (TPSA) is 142 Å². The molecule has 0 aromatic rings. The number of hydrogen-bond donors (Lipinski definition) is 2. The lowest BCUT2D eigenvalue weighted by Gasteiger charge is -2.59. The van der Waals surface area contributed by atoms with Crippen LogP contribution in [-0.2, 0) is 23.8 Å². The molecular formula is C42H67O9-. The molecule has 290 valence electrons. The average Bonchev–Trinajstić information content (AvgIpc) is 3.58. The third-order valence-electron chi connectivity index (χ3n) is 13.1. The summed E-state index contributed by atoms with van der Waals surface area (Å²) in [5.41, 5.74) is -1.05. The number of fused-ring (bicyclic) bond motifs is 7. The van der Waals surface area contributed by atoms with Gasteiger partial charge in [0.1, 0.15) is 6.61 Å². The number of allylic oxidation sites excluding steroid dienone is 4. The number of rotatable bonds is 19. The summed E-state index contributed by atoms with van der Waals surface area (Å²) in [7, 11) is 0. The van der Waals surface area contributed by atoms with E-state index >= 15 is 0 Å². The molecule has 3 saturated carbocycles. The number of carbonyl (C=O) groups is 3. The van der Waals surface area contributed by atoms with Gasteiger partial charge in [-0.25, -0.2) is 0 Å². The van der Waals surface area contributed by atoms with E-state index in [0.717, 1.165) is 37.7 Å². The minimum absolute atomic E-state index is 0.0125. The van der Waals surface area contributed by atoms with Gasteiger partial charge in [-0.05, 0) is 62.5 Å². The first-order valence-corrected chi connectivity index (χ1v) is 20.4. The van der Waals surface area contributed by atoms with Crippen LogP contribution in [0.15, 0.2) is 23.8 Å². The lowest BCUT2D eigenvalue weighted by atomic mass is 9.46. The quantitative estimate of drug-likeness (QED) is 0.102. The fraction of sp³-hybridized carbons (Fsp3) is 0.833. The summed E-state index contributed by atoms with van der Waals surface area (Å²) in [6, 6.07) is 0. The molecule has 0 bridgehead atoms. The highest BCUT2D eigenvalue weighted by molar-refractivity contribution is 6.01. The van der Waals surface area contributed by atoms with Crippen LogP contribution in [0.25, 0.3) is 0 Å². The van der Waals surface area contributed by atoms with Crippen LogP contribution in [0.4, 0.5) is 4.79 Å². The van der Waals surface area contributed by atoms with Crippen molar-refractivity contribution >= 4 is 17.7 Å². The Kier molecular flexibility index (Phi) is 15.8.